The van der Waals surface area contributed by atoms with Gasteiger partial charge in [-0.1, -0.05) is 63.1 Å². The second-order valence-electron chi connectivity index (χ2n) is 8.62. The second-order valence-corrected chi connectivity index (χ2v) is 8.62. The van der Waals surface area contributed by atoms with Gasteiger partial charge in [0.05, 0.1) is 12.3 Å². The molecule has 0 unspecified atom stereocenters. The summed E-state index contributed by atoms with van der Waals surface area (Å²) < 4.78 is 11.7. The van der Waals surface area contributed by atoms with E-state index in [0.29, 0.717) is 6.61 Å². The largest absolute Gasteiger partial charge is 0.494 e. The molecule has 0 radical (unpaired) electrons. The highest BCUT2D eigenvalue weighted by Gasteiger charge is 2.05. The van der Waals surface area contributed by atoms with Gasteiger partial charge in [-0.3, -0.25) is 5.10 Å². The van der Waals surface area contributed by atoms with E-state index in [1.165, 1.54) is 36.1 Å². The van der Waals surface area contributed by atoms with Crippen molar-refractivity contribution in [2.75, 3.05) is 6.61 Å². The predicted molar refractivity (Wildman–Crippen MR) is 139 cm³/mol. The standard InChI is InChI=1S/C30H34N2O2/c1-3-5-6-7-27-21-30(32-31-27)26-14-18-29(19-15-26)34-22-23-8-10-24(11-9-23)25-12-16-28(17-13-25)33-20-4-2/h8-19,21H,3-7,20,22H2,1-2H3,(H,31,32). The molecule has 4 heteroatoms. The quantitative estimate of drug-likeness (QED) is 0.222. The zero-order chi connectivity index (χ0) is 23.6. The van der Waals surface area contributed by atoms with Crippen molar-refractivity contribution in [1.29, 1.82) is 0 Å². The number of hydrogen-bond acceptors (Lipinski definition) is 3. The van der Waals surface area contributed by atoms with E-state index in [4.69, 9.17) is 9.47 Å². The van der Waals surface area contributed by atoms with Crippen LogP contribution in [-0.2, 0) is 13.0 Å². The summed E-state index contributed by atoms with van der Waals surface area (Å²) in [6.07, 6.45) is 5.76. The molecule has 0 spiro atoms. The summed E-state index contributed by atoms with van der Waals surface area (Å²) in [5, 5.41) is 7.63. The Labute approximate surface area is 203 Å². The topological polar surface area (TPSA) is 47.1 Å². The molecular formula is C30H34N2O2. The third kappa shape index (κ3) is 6.50. The molecule has 0 bridgehead atoms. The molecule has 0 fully saturated rings. The van der Waals surface area contributed by atoms with Crippen LogP contribution < -0.4 is 9.47 Å². The van der Waals surface area contributed by atoms with E-state index in [9.17, 15) is 0 Å². The van der Waals surface area contributed by atoms with Gasteiger partial charge in [-0.25, -0.2) is 0 Å². The van der Waals surface area contributed by atoms with Crippen LogP contribution in [0.25, 0.3) is 22.4 Å². The summed E-state index contributed by atoms with van der Waals surface area (Å²) in [6.45, 7) is 5.62. The molecule has 0 aliphatic rings. The van der Waals surface area contributed by atoms with Gasteiger partial charge in [-0.05, 0) is 78.4 Å². The Morgan fingerprint density at radius 3 is 1.94 bits per heavy atom. The smallest absolute Gasteiger partial charge is 0.119 e. The molecule has 4 nitrogen and oxygen atoms in total. The molecule has 0 aliphatic carbocycles. The highest BCUT2D eigenvalue weighted by atomic mass is 16.5. The van der Waals surface area contributed by atoms with Gasteiger partial charge in [0, 0.05) is 11.3 Å². The molecule has 0 amide bonds. The lowest BCUT2D eigenvalue weighted by molar-refractivity contribution is 0.306. The Hall–Kier alpha value is -3.53. The Morgan fingerprint density at radius 1 is 0.676 bits per heavy atom. The number of hydrogen-bond donors (Lipinski definition) is 1. The lowest BCUT2D eigenvalue weighted by Gasteiger charge is -2.09. The number of aromatic amines is 1. The summed E-state index contributed by atoms with van der Waals surface area (Å²) in [7, 11) is 0. The minimum atomic E-state index is 0.535. The van der Waals surface area contributed by atoms with Gasteiger partial charge in [-0.2, -0.15) is 5.10 Å². The van der Waals surface area contributed by atoms with Crippen molar-refractivity contribution in [2.24, 2.45) is 0 Å². The summed E-state index contributed by atoms with van der Waals surface area (Å²) in [5.74, 6) is 1.77. The number of nitrogens with one attached hydrogen (secondary N) is 1. The minimum absolute atomic E-state index is 0.535. The van der Waals surface area contributed by atoms with Crippen molar-refractivity contribution in [3.05, 3.63) is 90.1 Å². The van der Waals surface area contributed by atoms with Gasteiger partial charge >= 0.3 is 0 Å². The molecule has 1 aromatic heterocycles. The van der Waals surface area contributed by atoms with Crippen LogP contribution in [-0.4, -0.2) is 16.8 Å². The fourth-order valence-electron chi connectivity index (χ4n) is 3.85. The van der Waals surface area contributed by atoms with Gasteiger partial charge in [0.15, 0.2) is 0 Å². The van der Waals surface area contributed by atoms with Crippen LogP contribution in [0.15, 0.2) is 78.9 Å². The molecule has 4 rings (SSSR count). The fraction of sp³-hybridized carbons (Fsp3) is 0.300. The molecule has 4 aromatic rings. The maximum Gasteiger partial charge on any atom is 0.119 e. The number of aromatic nitrogens is 2. The Morgan fingerprint density at radius 2 is 1.29 bits per heavy atom. The maximum absolute atomic E-state index is 6.01. The third-order valence-electron chi connectivity index (χ3n) is 5.85. The normalized spacial score (nSPS) is 10.9. The average molecular weight is 455 g/mol. The lowest BCUT2D eigenvalue weighted by Crippen LogP contribution is -1.95. The summed E-state index contributed by atoms with van der Waals surface area (Å²) >= 11 is 0. The van der Waals surface area contributed by atoms with Crippen LogP contribution >= 0.6 is 0 Å². The number of ether oxygens (including phenoxy) is 2. The summed E-state index contributed by atoms with van der Waals surface area (Å²) in [4.78, 5) is 0. The first kappa shape index (κ1) is 23.6. The van der Waals surface area contributed by atoms with E-state index in [2.05, 4.69) is 78.6 Å². The van der Waals surface area contributed by atoms with Crippen molar-refractivity contribution in [1.82, 2.24) is 10.2 Å². The van der Waals surface area contributed by atoms with E-state index in [0.717, 1.165) is 47.8 Å². The third-order valence-corrected chi connectivity index (χ3v) is 5.85. The molecule has 0 saturated heterocycles. The van der Waals surface area contributed by atoms with Crippen LogP contribution in [0, 0.1) is 0 Å². The molecule has 1 heterocycles. The molecule has 0 aliphatic heterocycles. The van der Waals surface area contributed by atoms with E-state index < -0.39 is 0 Å². The van der Waals surface area contributed by atoms with Crippen LogP contribution in [0.1, 0.15) is 50.8 Å². The molecular weight excluding hydrogens is 420 g/mol. The van der Waals surface area contributed by atoms with E-state index in [1.54, 1.807) is 0 Å². The van der Waals surface area contributed by atoms with Gasteiger partial charge in [0.1, 0.15) is 18.1 Å². The average Bonchev–Trinajstić information content (AvgIpc) is 3.36. The van der Waals surface area contributed by atoms with Gasteiger partial charge < -0.3 is 9.47 Å². The fourth-order valence-corrected chi connectivity index (χ4v) is 3.85. The van der Waals surface area contributed by atoms with Crippen molar-refractivity contribution < 1.29 is 9.47 Å². The zero-order valence-electron chi connectivity index (χ0n) is 20.2. The van der Waals surface area contributed by atoms with Crippen LogP contribution in [0.2, 0.25) is 0 Å². The predicted octanol–water partition coefficient (Wildman–Crippen LogP) is 7.84. The van der Waals surface area contributed by atoms with Gasteiger partial charge in [-0.15, -0.1) is 0 Å². The number of unbranched alkanes of at least 4 members (excludes halogenated alkanes) is 2. The maximum atomic E-state index is 6.01. The van der Waals surface area contributed by atoms with E-state index in [1.807, 2.05) is 24.3 Å². The van der Waals surface area contributed by atoms with Crippen molar-refractivity contribution >= 4 is 0 Å². The zero-order valence-corrected chi connectivity index (χ0v) is 20.2. The van der Waals surface area contributed by atoms with Crippen LogP contribution in [0.3, 0.4) is 0 Å². The van der Waals surface area contributed by atoms with Crippen LogP contribution in [0.4, 0.5) is 0 Å². The summed E-state index contributed by atoms with van der Waals surface area (Å²) in [6, 6.07) is 27.1. The minimum Gasteiger partial charge on any atom is -0.494 e. The molecule has 176 valence electrons. The van der Waals surface area contributed by atoms with E-state index in [-0.39, 0.29) is 0 Å². The Kier molecular flexibility index (Phi) is 8.39. The molecule has 1 N–H and O–H groups in total. The number of aryl methyl sites for hydroxylation is 1. The number of nitrogens with zero attached hydrogens (tertiary/aromatic N) is 1. The first-order chi connectivity index (χ1) is 16.7. The number of H-pyrrole nitrogens is 1. The van der Waals surface area contributed by atoms with Gasteiger partial charge in [0.25, 0.3) is 0 Å². The first-order valence-corrected chi connectivity index (χ1v) is 12.3. The van der Waals surface area contributed by atoms with Crippen LogP contribution in [0.5, 0.6) is 11.5 Å². The first-order valence-electron chi connectivity index (χ1n) is 12.3. The number of rotatable bonds is 12. The molecule has 34 heavy (non-hydrogen) atoms. The monoisotopic (exact) mass is 454 g/mol. The molecule has 0 saturated carbocycles. The Balaban J connectivity index is 1.30. The Bertz CT molecular complexity index is 1130. The van der Waals surface area contributed by atoms with E-state index >= 15 is 0 Å². The van der Waals surface area contributed by atoms with Crippen molar-refractivity contribution in [2.45, 2.75) is 52.6 Å². The highest BCUT2D eigenvalue weighted by molar-refractivity contribution is 5.64. The molecule has 3 aromatic carbocycles. The highest BCUT2D eigenvalue weighted by Crippen LogP contribution is 2.25. The van der Waals surface area contributed by atoms with Gasteiger partial charge in [0.2, 0.25) is 0 Å². The lowest BCUT2D eigenvalue weighted by atomic mass is 10.0. The SMILES string of the molecule is CCCCCc1cc(-c2ccc(OCc3ccc(-c4ccc(OCCC)cc4)cc3)cc2)n[nH]1. The number of benzene rings is 3. The summed E-state index contributed by atoms with van der Waals surface area (Å²) in [5.41, 5.74) is 6.79. The van der Waals surface area contributed by atoms with Crippen molar-refractivity contribution in [3.63, 3.8) is 0 Å². The molecule has 0 atom stereocenters. The second kappa shape index (κ2) is 12.1. The van der Waals surface area contributed by atoms with Crippen molar-refractivity contribution in [3.8, 4) is 33.9 Å².